The van der Waals surface area contributed by atoms with Crippen LogP contribution in [-0.4, -0.2) is 22.7 Å². The van der Waals surface area contributed by atoms with Gasteiger partial charge in [-0.05, 0) is 37.5 Å². The van der Waals surface area contributed by atoms with Gasteiger partial charge in [0.25, 0.3) is 0 Å². The number of nitrogens with one attached hydrogen (secondary N) is 1. The van der Waals surface area contributed by atoms with Crippen LogP contribution in [0.5, 0.6) is 0 Å². The molecule has 1 aromatic carbocycles. The van der Waals surface area contributed by atoms with Gasteiger partial charge in [0.2, 0.25) is 11.7 Å². The Labute approximate surface area is 120 Å². The van der Waals surface area contributed by atoms with Crippen molar-refractivity contribution in [2.45, 2.75) is 32.2 Å². The van der Waals surface area contributed by atoms with Crippen molar-refractivity contribution in [3.8, 4) is 11.4 Å². The van der Waals surface area contributed by atoms with Crippen molar-refractivity contribution >= 4 is 15.9 Å². The molecule has 5 heteroatoms. The van der Waals surface area contributed by atoms with Gasteiger partial charge in [0.1, 0.15) is 0 Å². The van der Waals surface area contributed by atoms with Crippen LogP contribution in [0.1, 0.15) is 24.3 Å². The van der Waals surface area contributed by atoms with Gasteiger partial charge < -0.3 is 9.84 Å². The van der Waals surface area contributed by atoms with E-state index < -0.39 is 0 Å². The molecule has 19 heavy (non-hydrogen) atoms. The third-order valence-corrected chi connectivity index (χ3v) is 3.84. The minimum Gasteiger partial charge on any atom is -0.339 e. The molecule has 0 atom stereocenters. The fourth-order valence-corrected chi connectivity index (χ4v) is 2.61. The van der Waals surface area contributed by atoms with E-state index >= 15 is 0 Å². The topological polar surface area (TPSA) is 51.0 Å². The van der Waals surface area contributed by atoms with Crippen LogP contribution in [0.2, 0.25) is 0 Å². The predicted octanol–water partition coefficient (Wildman–Crippen LogP) is 3.10. The molecule has 100 valence electrons. The molecular formula is C14H16BrN3O. The molecule has 1 fully saturated rings. The van der Waals surface area contributed by atoms with Crippen LogP contribution in [0.3, 0.4) is 0 Å². The second-order valence-electron chi connectivity index (χ2n) is 4.97. The summed E-state index contributed by atoms with van der Waals surface area (Å²) >= 11 is 3.54. The molecule has 1 N–H and O–H groups in total. The Morgan fingerprint density at radius 1 is 1.42 bits per heavy atom. The van der Waals surface area contributed by atoms with Gasteiger partial charge >= 0.3 is 0 Å². The molecule has 1 heterocycles. The van der Waals surface area contributed by atoms with Crippen molar-refractivity contribution in [2.24, 2.45) is 0 Å². The Morgan fingerprint density at radius 2 is 2.26 bits per heavy atom. The number of hydrogen-bond acceptors (Lipinski definition) is 4. The van der Waals surface area contributed by atoms with Crippen LogP contribution in [-0.2, 0) is 6.42 Å². The first-order valence-corrected chi connectivity index (χ1v) is 7.34. The van der Waals surface area contributed by atoms with E-state index in [1.165, 1.54) is 18.4 Å². The van der Waals surface area contributed by atoms with E-state index in [0.717, 1.165) is 23.0 Å². The first kappa shape index (κ1) is 12.8. The third-order valence-electron chi connectivity index (χ3n) is 3.18. The van der Waals surface area contributed by atoms with Gasteiger partial charge in [0.05, 0.1) is 0 Å². The number of rotatable bonds is 5. The molecular weight excluding hydrogens is 306 g/mol. The van der Waals surface area contributed by atoms with Gasteiger partial charge in [0, 0.05) is 29.0 Å². The second-order valence-corrected chi connectivity index (χ2v) is 5.83. The summed E-state index contributed by atoms with van der Waals surface area (Å²) in [7, 11) is 0. The molecule has 1 aliphatic carbocycles. The number of aryl methyl sites for hydroxylation is 1. The van der Waals surface area contributed by atoms with Crippen molar-refractivity contribution in [2.75, 3.05) is 6.54 Å². The number of nitrogens with zero attached hydrogens (tertiary/aromatic N) is 2. The smallest absolute Gasteiger partial charge is 0.228 e. The van der Waals surface area contributed by atoms with Crippen molar-refractivity contribution < 1.29 is 4.52 Å². The van der Waals surface area contributed by atoms with Gasteiger partial charge in [-0.3, -0.25) is 0 Å². The molecule has 3 rings (SSSR count). The maximum atomic E-state index is 5.28. The molecule has 0 aliphatic heterocycles. The lowest BCUT2D eigenvalue weighted by molar-refractivity contribution is 0.376. The van der Waals surface area contributed by atoms with E-state index in [1.54, 1.807) is 0 Å². The monoisotopic (exact) mass is 321 g/mol. The molecule has 1 saturated carbocycles. The fourth-order valence-electron chi connectivity index (χ4n) is 1.94. The zero-order valence-corrected chi connectivity index (χ0v) is 12.4. The van der Waals surface area contributed by atoms with Crippen LogP contribution in [0.25, 0.3) is 11.4 Å². The number of halogens is 1. The Kier molecular flexibility index (Phi) is 3.66. The van der Waals surface area contributed by atoms with Gasteiger partial charge in [-0.2, -0.15) is 4.98 Å². The van der Waals surface area contributed by atoms with Crippen molar-refractivity contribution in [3.05, 3.63) is 34.1 Å². The first-order chi connectivity index (χ1) is 9.22. The largest absolute Gasteiger partial charge is 0.339 e. The molecule has 0 spiro atoms. The van der Waals surface area contributed by atoms with E-state index in [4.69, 9.17) is 4.52 Å². The Hall–Kier alpha value is -1.20. The summed E-state index contributed by atoms with van der Waals surface area (Å²) in [6, 6.07) is 6.83. The van der Waals surface area contributed by atoms with Crippen LogP contribution in [0.15, 0.2) is 27.2 Å². The van der Waals surface area contributed by atoms with Gasteiger partial charge in [-0.15, -0.1) is 0 Å². The van der Waals surface area contributed by atoms with Gasteiger partial charge in [0.15, 0.2) is 0 Å². The molecule has 1 aromatic heterocycles. The minimum absolute atomic E-state index is 0.647. The third kappa shape index (κ3) is 3.22. The van der Waals surface area contributed by atoms with E-state index in [9.17, 15) is 0 Å². The fraction of sp³-hybridized carbons (Fsp3) is 0.429. The Balaban J connectivity index is 1.68. The lowest BCUT2D eigenvalue weighted by Crippen LogP contribution is -2.19. The molecule has 0 unspecified atom stereocenters. The first-order valence-electron chi connectivity index (χ1n) is 6.55. The summed E-state index contributed by atoms with van der Waals surface area (Å²) in [6.07, 6.45) is 3.38. The number of aromatic nitrogens is 2. The minimum atomic E-state index is 0.647. The van der Waals surface area contributed by atoms with Crippen molar-refractivity contribution in [1.29, 1.82) is 0 Å². The quantitative estimate of drug-likeness (QED) is 0.919. The SMILES string of the molecule is Cc1ccc(-c2noc(CCNC3CC3)n2)c(Br)c1. The molecule has 0 bridgehead atoms. The molecule has 0 radical (unpaired) electrons. The molecule has 1 aliphatic rings. The summed E-state index contributed by atoms with van der Waals surface area (Å²) in [5.41, 5.74) is 2.17. The van der Waals surface area contributed by atoms with Crippen LogP contribution < -0.4 is 5.32 Å². The predicted molar refractivity (Wildman–Crippen MR) is 76.9 cm³/mol. The average molecular weight is 322 g/mol. The highest BCUT2D eigenvalue weighted by Crippen LogP contribution is 2.27. The molecule has 0 saturated heterocycles. The lowest BCUT2D eigenvalue weighted by Gasteiger charge is -2.00. The van der Waals surface area contributed by atoms with Crippen molar-refractivity contribution in [1.82, 2.24) is 15.5 Å². The van der Waals surface area contributed by atoms with Gasteiger partial charge in [-0.1, -0.05) is 27.2 Å². The highest BCUT2D eigenvalue weighted by molar-refractivity contribution is 9.10. The van der Waals surface area contributed by atoms with Crippen LogP contribution >= 0.6 is 15.9 Å². The zero-order valence-electron chi connectivity index (χ0n) is 10.8. The standard InChI is InChI=1S/C14H16BrN3O/c1-9-2-5-11(12(15)8-9)14-17-13(19-18-14)6-7-16-10-3-4-10/h2,5,8,10,16H,3-4,6-7H2,1H3. The van der Waals surface area contributed by atoms with E-state index in [0.29, 0.717) is 17.8 Å². The maximum Gasteiger partial charge on any atom is 0.228 e. The Bertz CT molecular complexity index is 578. The molecule has 4 nitrogen and oxygen atoms in total. The highest BCUT2D eigenvalue weighted by atomic mass is 79.9. The van der Waals surface area contributed by atoms with E-state index in [1.807, 2.05) is 12.1 Å². The number of benzene rings is 1. The highest BCUT2D eigenvalue weighted by Gasteiger charge is 2.20. The Morgan fingerprint density at radius 3 is 3.00 bits per heavy atom. The second kappa shape index (κ2) is 5.43. The normalized spacial score (nSPS) is 14.8. The van der Waals surface area contributed by atoms with Crippen molar-refractivity contribution in [3.63, 3.8) is 0 Å². The molecule has 0 amide bonds. The van der Waals surface area contributed by atoms with Gasteiger partial charge in [-0.25, -0.2) is 0 Å². The summed E-state index contributed by atoms with van der Waals surface area (Å²) in [6.45, 7) is 2.96. The lowest BCUT2D eigenvalue weighted by atomic mass is 10.1. The number of hydrogen-bond donors (Lipinski definition) is 1. The van der Waals surface area contributed by atoms with Crippen LogP contribution in [0, 0.1) is 6.92 Å². The maximum absolute atomic E-state index is 5.28. The average Bonchev–Trinajstić information content (AvgIpc) is 3.07. The summed E-state index contributed by atoms with van der Waals surface area (Å²) in [5.74, 6) is 1.34. The van der Waals surface area contributed by atoms with Crippen LogP contribution in [0.4, 0.5) is 0 Å². The van der Waals surface area contributed by atoms with E-state index in [-0.39, 0.29) is 0 Å². The van der Waals surface area contributed by atoms with E-state index in [2.05, 4.69) is 44.4 Å². The summed E-state index contributed by atoms with van der Waals surface area (Å²) in [5, 5.41) is 7.48. The molecule has 2 aromatic rings. The summed E-state index contributed by atoms with van der Waals surface area (Å²) < 4.78 is 6.28. The zero-order chi connectivity index (χ0) is 13.2. The summed E-state index contributed by atoms with van der Waals surface area (Å²) in [4.78, 5) is 4.44.